The monoisotopic (exact) mass is 347 g/mol. The molecule has 0 fully saturated rings. The predicted molar refractivity (Wildman–Crippen MR) is 103 cm³/mol. The molecule has 0 saturated heterocycles. The lowest BCUT2D eigenvalue weighted by atomic mass is 10.1. The van der Waals surface area contributed by atoms with Crippen LogP contribution in [0, 0.1) is 0 Å². The van der Waals surface area contributed by atoms with E-state index in [0.29, 0.717) is 17.9 Å². The molecule has 0 aliphatic heterocycles. The Hall–Kier alpha value is -3.34. The molecule has 0 atom stereocenters. The highest BCUT2D eigenvalue weighted by Crippen LogP contribution is 2.14. The van der Waals surface area contributed by atoms with E-state index in [2.05, 4.69) is 15.6 Å². The van der Waals surface area contributed by atoms with Crippen molar-refractivity contribution in [2.45, 2.75) is 6.42 Å². The molecule has 3 rings (SSSR count). The molecule has 0 spiro atoms. The molecule has 0 bridgehead atoms. The van der Waals surface area contributed by atoms with Gasteiger partial charge in [0.15, 0.2) is 0 Å². The molecule has 0 aliphatic carbocycles. The number of anilines is 2. The fourth-order valence-electron chi connectivity index (χ4n) is 2.49. The average Bonchev–Trinajstić information content (AvgIpc) is 2.70. The van der Waals surface area contributed by atoms with Crippen LogP contribution < -0.4 is 15.4 Å². The van der Waals surface area contributed by atoms with Crippen LogP contribution in [0.1, 0.15) is 15.9 Å². The maximum Gasteiger partial charge on any atom is 0.252 e. The second kappa shape index (κ2) is 8.67. The lowest BCUT2D eigenvalue weighted by Crippen LogP contribution is -2.25. The number of rotatable bonds is 7. The highest BCUT2D eigenvalue weighted by atomic mass is 16.5. The van der Waals surface area contributed by atoms with Crippen LogP contribution in [0.15, 0.2) is 72.9 Å². The second-order valence-corrected chi connectivity index (χ2v) is 5.78. The van der Waals surface area contributed by atoms with Gasteiger partial charge in [-0.25, -0.2) is 4.98 Å². The minimum Gasteiger partial charge on any atom is -0.497 e. The molecule has 5 nitrogen and oxygen atoms in total. The van der Waals surface area contributed by atoms with Gasteiger partial charge in [-0.1, -0.05) is 30.3 Å². The van der Waals surface area contributed by atoms with Gasteiger partial charge in [0.05, 0.1) is 12.7 Å². The summed E-state index contributed by atoms with van der Waals surface area (Å²) in [5.74, 6) is 1.40. The van der Waals surface area contributed by atoms with Crippen molar-refractivity contribution >= 4 is 17.4 Å². The van der Waals surface area contributed by atoms with E-state index in [4.69, 9.17) is 4.74 Å². The Labute approximate surface area is 153 Å². The number of benzene rings is 2. The highest BCUT2D eigenvalue weighted by Gasteiger charge is 2.06. The molecule has 132 valence electrons. The molecule has 1 amide bonds. The number of nitrogens with one attached hydrogen (secondary N) is 2. The van der Waals surface area contributed by atoms with Crippen molar-refractivity contribution < 1.29 is 9.53 Å². The standard InChI is InChI=1S/C21H21N3O2/c1-26-19-10-7-16(8-11-19)13-14-22-21(25)17-9-12-20(23-15-17)24-18-5-3-2-4-6-18/h2-12,15H,13-14H2,1H3,(H,22,25)(H,23,24). The van der Waals surface area contributed by atoms with E-state index in [-0.39, 0.29) is 5.91 Å². The highest BCUT2D eigenvalue weighted by molar-refractivity contribution is 5.94. The fourth-order valence-corrected chi connectivity index (χ4v) is 2.49. The first kappa shape index (κ1) is 17.5. The normalized spacial score (nSPS) is 10.2. The molecule has 2 aromatic carbocycles. The van der Waals surface area contributed by atoms with Crippen LogP contribution in [0.5, 0.6) is 5.75 Å². The lowest BCUT2D eigenvalue weighted by molar-refractivity contribution is 0.0954. The van der Waals surface area contributed by atoms with Crippen LogP contribution in [0.25, 0.3) is 0 Å². The van der Waals surface area contributed by atoms with Gasteiger partial charge in [0.25, 0.3) is 5.91 Å². The number of aromatic nitrogens is 1. The summed E-state index contributed by atoms with van der Waals surface area (Å²) in [6, 6.07) is 21.2. The smallest absolute Gasteiger partial charge is 0.252 e. The number of hydrogen-bond donors (Lipinski definition) is 2. The number of hydrogen-bond acceptors (Lipinski definition) is 4. The van der Waals surface area contributed by atoms with Crippen molar-refractivity contribution in [3.63, 3.8) is 0 Å². The van der Waals surface area contributed by atoms with E-state index < -0.39 is 0 Å². The maximum atomic E-state index is 12.2. The van der Waals surface area contributed by atoms with Crippen LogP contribution in [0.4, 0.5) is 11.5 Å². The number of carbonyl (C=O) groups excluding carboxylic acids is 1. The van der Waals surface area contributed by atoms with Crippen LogP contribution >= 0.6 is 0 Å². The first-order chi connectivity index (χ1) is 12.7. The van der Waals surface area contributed by atoms with Gasteiger partial charge in [-0.2, -0.15) is 0 Å². The summed E-state index contributed by atoms with van der Waals surface area (Å²) in [6.07, 6.45) is 2.34. The van der Waals surface area contributed by atoms with Crippen molar-refractivity contribution in [3.8, 4) is 5.75 Å². The third kappa shape index (κ3) is 4.83. The summed E-state index contributed by atoms with van der Waals surface area (Å²) in [5.41, 5.74) is 2.64. The van der Waals surface area contributed by atoms with Gasteiger partial charge in [-0.05, 0) is 48.4 Å². The fraction of sp³-hybridized carbons (Fsp3) is 0.143. The number of methoxy groups -OCH3 is 1. The van der Waals surface area contributed by atoms with Crippen molar-refractivity contribution in [2.75, 3.05) is 19.0 Å². The maximum absolute atomic E-state index is 12.2. The largest absolute Gasteiger partial charge is 0.497 e. The van der Waals surface area contributed by atoms with Crippen molar-refractivity contribution in [1.29, 1.82) is 0 Å². The van der Waals surface area contributed by atoms with E-state index in [9.17, 15) is 4.79 Å². The van der Waals surface area contributed by atoms with Crippen LogP contribution in [0.2, 0.25) is 0 Å². The summed E-state index contributed by atoms with van der Waals surface area (Å²) in [6.45, 7) is 0.565. The minimum absolute atomic E-state index is 0.128. The number of para-hydroxylation sites is 1. The van der Waals surface area contributed by atoms with Crippen molar-refractivity contribution in [3.05, 3.63) is 84.1 Å². The third-order valence-corrected chi connectivity index (χ3v) is 3.93. The van der Waals surface area contributed by atoms with Crippen molar-refractivity contribution in [2.24, 2.45) is 0 Å². The zero-order valence-corrected chi connectivity index (χ0v) is 14.6. The summed E-state index contributed by atoms with van der Waals surface area (Å²) < 4.78 is 5.13. The van der Waals surface area contributed by atoms with Gasteiger partial charge in [-0.15, -0.1) is 0 Å². The van der Waals surface area contributed by atoms with Gasteiger partial charge in [0.1, 0.15) is 11.6 Å². The Balaban J connectivity index is 1.49. The van der Waals surface area contributed by atoms with Gasteiger partial charge in [0, 0.05) is 18.4 Å². The molecule has 0 radical (unpaired) electrons. The van der Waals surface area contributed by atoms with Crippen LogP contribution in [-0.2, 0) is 6.42 Å². The summed E-state index contributed by atoms with van der Waals surface area (Å²) in [4.78, 5) is 16.5. The van der Waals surface area contributed by atoms with Gasteiger partial charge < -0.3 is 15.4 Å². The molecule has 1 aromatic heterocycles. The predicted octanol–water partition coefficient (Wildman–Crippen LogP) is 3.81. The minimum atomic E-state index is -0.128. The molecule has 1 heterocycles. The number of nitrogens with zero attached hydrogens (tertiary/aromatic N) is 1. The first-order valence-corrected chi connectivity index (χ1v) is 8.44. The topological polar surface area (TPSA) is 63.2 Å². The quantitative estimate of drug-likeness (QED) is 0.682. The van der Waals surface area contributed by atoms with Crippen molar-refractivity contribution in [1.82, 2.24) is 10.3 Å². The average molecular weight is 347 g/mol. The Morgan fingerprint density at radius 3 is 2.42 bits per heavy atom. The molecule has 0 aliphatic rings. The molecule has 5 heteroatoms. The van der Waals surface area contributed by atoms with Gasteiger partial charge in [0.2, 0.25) is 0 Å². The van der Waals surface area contributed by atoms with E-state index >= 15 is 0 Å². The zero-order valence-electron chi connectivity index (χ0n) is 14.6. The summed E-state index contributed by atoms with van der Waals surface area (Å²) >= 11 is 0. The SMILES string of the molecule is COc1ccc(CCNC(=O)c2ccc(Nc3ccccc3)nc2)cc1. The molecule has 26 heavy (non-hydrogen) atoms. The molecule has 0 unspecified atom stereocenters. The van der Waals surface area contributed by atoms with E-state index in [1.54, 1.807) is 25.4 Å². The van der Waals surface area contributed by atoms with Crippen LogP contribution in [0.3, 0.4) is 0 Å². The summed E-state index contributed by atoms with van der Waals surface area (Å²) in [5, 5.41) is 6.11. The molecule has 3 aromatic rings. The Morgan fingerprint density at radius 1 is 1.00 bits per heavy atom. The molecule has 0 saturated carbocycles. The Morgan fingerprint density at radius 2 is 1.77 bits per heavy atom. The summed E-state index contributed by atoms with van der Waals surface area (Å²) in [7, 11) is 1.64. The van der Waals surface area contributed by atoms with E-state index in [0.717, 1.165) is 23.4 Å². The number of carbonyl (C=O) groups is 1. The lowest BCUT2D eigenvalue weighted by Gasteiger charge is -2.08. The molecular formula is C21H21N3O2. The number of amides is 1. The zero-order chi connectivity index (χ0) is 18.2. The van der Waals surface area contributed by atoms with Crippen LogP contribution in [-0.4, -0.2) is 24.5 Å². The van der Waals surface area contributed by atoms with E-state index in [1.165, 1.54) is 0 Å². The number of pyridine rings is 1. The number of ether oxygens (including phenoxy) is 1. The second-order valence-electron chi connectivity index (χ2n) is 5.78. The molecule has 2 N–H and O–H groups in total. The van der Waals surface area contributed by atoms with E-state index in [1.807, 2.05) is 54.6 Å². The Bertz CT molecular complexity index is 831. The third-order valence-electron chi connectivity index (χ3n) is 3.93. The molecular weight excluding hydrogens is 326 g/mol. The van der Waals surface area contributed by atoms with Gasteiger partial charge in [-0.3, -0.25) is 4.79 Å². The first-order valence-electron chi connectivity index (χ1n) is 8.44. The Kier molecular flexibility index (Phi) is 5.83. The van der Waals surface area contributed by atoms with Gasteiger partial charge >= 0.3 is 0 Å².